The Balaban J connectivity index is 1.35. The number of pyridine rings is 1. The van der Waals surface area contributed by atoms with Gasteiger partial charge in [-0.2, -0.15) is 0 Å². The maximum Gasteiger partial charge on any atom is 0.254 e. The van der Waals surface area contributed by atoms with Gasteiger partial charge >= 0.3 is 0 Å². The molecule has 2 amide bonds. The van der Waals surface area contributed by atoms with Crippen molar-refractivity contribution in [1.82, 2.24) is 20.1 Å². The summed E-state index contributed by atoms with van der Waals surface area (Å²) < 4.78 is 0. The molecule has 29 heavy (non-hydrogen) atoms. The monoisotopic (exact) mass is 399 g/mol. The largest absolute Gasteiger partial charge is 0.356 e. The number of likely N-dealkylation sites (tertiary alicyclic amines) is 2. The zero-order valence-electron chi connectivity index (χ0n) is 17.5. The van der Waals surface area contributed by atoms with E-state index in [1.807, 2.05) is 12.1 Å². The van der Waals surface area contributed by atoms with Crippen LogP contribution in [0.2, 0.25) is 0 Å². The Hall–Kier alpha value is -2.15. The highest BCUT2D eigenvalue weighted by Gasteiger charge is 2.34. The minimum Gasteiger partial charge on any atom is -0.356 e. The summed E-state index contributed by atoms with van der Waals surface area (Å²) in [4.78, 5) is 36.4. The molecular formula is C22H33N5O2. The molecule has 0 unspecified atom stereocenters. The lowest BCUT2D eigenvalue weighted by Crippen LogP contribution is -2.51. The van der Waals surface area contributed by atoms with E-state index in [0.717, 1.165) is 83.6 Å². The first-order valence-electron chi connectivity index (χ1n) is 11.1. The van der Waals surface area contributed by atoms with Gasteiger partial charge in [0.15, 0.2) is 0 Å². The molecule has 0 spiro atoms. The fourth-order valence-corrected chi connectivity index (χ4v) is 5.14. The summed E-state index contributed by atoms with van der Waals surface area (Å²) in [6.45, 7) is 5.70. The number of rotatable bonds is 4. The summed E-state index contributed by atoms with van der Waals surface area (Å²) in [5, 5.41) is 2.71. The van der Waals surface area contributed by atoms with E-state index >= 15 is 0 Å². The third-order valence-electron chi connectivity index (χ3n) is 6.76. The number of anilines is 1. The summed E-state index contributed by atoms with van der Waals surface area (Å²) in [5.74, 6) is 1.25. The van der Waals surface area contributed by atoms with Crippen LogP contribution in [0.25, 0.3) is 0 Å². The highest BCUT2D eigenvalue weighted by atomic mass is 16.2. The molecule has 3 aliphatic heterocycles. The van der Waals surface area contributed by atoms with Gasteiger partial charge < -0.3 is 15.1 Å². The number of hydrogen-bond acceptors (Lipinski definition) is 5. The molecule has 0 saturated carbocycles. The number of nitrogens with zero attached hydrogens (tertiary/aromatic N) is 4. The summed E-state index contributed by atoms with van der Waals surface area (Å²) in [7, 11) is 1.65. The first kappa shape index (κ1) is 20.1. The number of amides is 2. The second-order valence-electron chi connectivity index (χ2n) is 8.54. The van der Waals surface area contributed by atoms with E-state index in [2.05, 4.69) is 25.0 Å². The van der Waals surface area contributed by atoms with Crippen molar-refractivity contribution in [1.29, 1.82) is 0 Å². The lowest BCUT2D eigenvalue weighted by Gasteiger charge is -2.43. The number of carbonyl (C=O) groups is 2. The number of carbonyl (C=O) groups excluding carboxylic acids is 2. The van der Waals surface area contributed by atoms with Gasteiger partial charge in [-0.3, -0.25) is 14.5 Å². The minimum absolute atomic E-state index is 0.0884. The van der Waals surface area contributed by atoms with Gasteiger partial charge in [0.2, 0.25) is 5.91 Å². The maximum absolute atomic E-state index is 12.8. The van der Waals surface area contributed by atoms with Gasteiger partial charge in [-0.25, -0.2) is 4.98 Å². The summed E-state index contributed by atoms with van der Waals surface area (Å²) in [5.41, 5.74) is 0.641. The van der Waals surface area contributed by atoms with Crippen molar-refractivity contribution in [2.24, 2.45) is 5.92 Å². The van der Waals surface area contributed by atoms with Crippen molar-refractivity contribution < 1.29 is 9.59 Å². The van der Waals surface area contributed by atoms with E-state index in [-0.39, 0.29) is 11.8 Å². The Morgan fingerprint density at radius 1 is 1.03 bits per heavy atom. The molecular weight excluding hydrogens is 366 g/mol. The summed E-state index contributed by atoms with van der Waals surface area (Å²) >= 11 is 0. The fourth-order valence-electron chi connectivity index (χ4n) is 5.14. The number of aromatic nitrogens is 1. The van der Waals surface area contributed by atoms with Gasteiger partial charge in [0.1, 0.15) is 5.82 Å². The Morgan fingerprint density at radius 2 is 1.79 bits per heavy atom. The topological polar surface area (TPSA) is 68.8 Å². The first-order valence-corrected chi connectivity index (χ1v) is 11.1. The maximum atomic E-state index is 12.8. The third kappa shape index (κ3) is 4.39. The Labute approximate surface area is 173 Å². The Morgan fingerprint density at radius 3 is 2.52 bits per heavy atom. The molecule has 0 aliphatic carbocycles. The van der Waals surface area contributed by atoms with E-state index in [4.69, 9.17) is 0 Å². The van der Waals surface area contributed by atoms with E-state index < -0.39 is 0 Å². The fraction of sp³-hybridized carbons (Fsp3) is 0.682. The molecule has 7 nitrogen and oxygen atoms in total. The predicted octanol–water partition coefficient (Wildman–Crippen LogP) is 1.74. The first-order chi connectivity index (χ1) is 14.2. The average molecular weight is 400 g/mol. The quantitative estimate of drug-likeness (QED) is 0.835. The standard InChI is InChI=1S/C22H33N5O2/c1-23-21(28)19-7-4-10-24-20(19)25-14-8-18(9-15-25)27-13-5-6-17(16-27)22(29)26-11-2-3-12-26/h4,7,10,17-18H,2-3,5-6,8-9,11-16H2,1H3,(H,23,28)/t17-/m1/s1. The van der Waals surface area contributed by atoms with E-state index in [1.165, 1.54) is 0 Å². The van der Waals surface area contributed by atoms with Crippen LogP contribution in [-0.4, -0.2) is 79.0 Å². The van der Waals surface area contributed by atoms with Crippen LogP contribution in [0.5, 0.6) is 0 Å². The molecule has 0 bridgehead atoms. The Bertz CT molecular complexity index is 726. The van der Waals surface area contributed by atoms with Crippen molar-refractivity contribution in [3.63, 3.8) is 0 Å². The number of hydrogen-bond donors (Lipinski definition) is 1. The van der Waals surface area contributed by atoms with Crippen LogP contribution in [-0.2, 0) is 4.79 Å². The highest BCUT2D eigenvalue weighted by Crippen LogP contribution is 2.28. The minimum atomic E-state index is -0.0884. The molecule has 1 N–H and O–H groups in total. The van der Waals surface area contributed by atoms with Crippen LogP contribution < -0.4 is 10.2 Å². The van der Waals surface area contributed by atoms with Gasteiger partial charge in [-0.1, -0.05) is 0 Å². The van der Waals surface area contributed by atoms with E-state index in [0.29, 0.717) is 17.5 Å². The predicted molar refractivity (Wildman–Crippen MR) is 113 cm³/mol. The van der Waals surface area contributed by atoms with Crippen molar-refractivity contribution in [3.05, 3.63) is 23.9 Å². The van der Waals surface area contributed by atoms with Crippen molar-refractivity contribution in [2.45, 2.75) is 44.6 Å². The molecule has 3 saturated heterocycles. The molecule has 3 aliphatic rings. The zero-order valence-corrected chi connectivity index (χ0v) is 17.5. The summed E-state index contributed by atoms with van der Waals surface area (Å²) in [6, 6.07) is 4.17. The lowest BCUT2D eigenvalue weighted by molar-refractivity contribution is -0.136. The third-order valence-corrected chi connectivity index (χ3v) is 6.76. The lowest BCUT2D eigenvalue weighted by atomic mass is 9.93. The molecule has 158 valence electrons. The molecule has 0 aromatic carbocycles. The van der Waals surface area contributed by atoms with Crippen LogP contribution in [0.4, 0.5) is 5.82 Å². The summed E-state index contributed by atoms with van der Waals surface area (Å²) in [6.07, 6.45) is 8.33. The van der Waals surface area contributed by atoms with Crippen LogP contribution in [0.1, 0.15) is 48.9 Å². The Kier molecular flexibility index (Phi) is 6.33. The van der Waals surface area contributed by atoms with Gasteiger partial charge in [0.05, 0.1) is 11.5 Å². The van der Waals surface area contributed by atoms with Gasteiger partial charge in [-0.05, 0) is 57.2 Å². The molecule has 1 aromatic heterocycles. The van der Waals surface area contributed by atoms with Crippen LogP contribution in [0.15, 0.2) is 18.3 Å². The zero-order chi connectivity index (χ0) is 20.2. The van der Waals surface area contributed by atoms with Crippen LogP contribution >= 0.6 is 0 Å². The van der Waals surface area contributed by atoms with Gasteiger partial charge in [0, 0.05) is 52.0 Å². The molecule has 7 heteroatoms. The van der Waals surface area contributed by atoms with E-state index in [9.17, 15) is 9.59 Å². The van der Waals surface area contributed by atoms with Crippen LogP contribution in [0, 0.1) is 5.92 Å². The molecule has 4 rings (SSSR count). The number of nitrogens with one attached hydrogen (secondary N) is 1. The molecule has 4 heterocycles. The average Bonchev–Trinajstić information content (AvgIpc) is 3.33. The smallest absolute Gasteiger partial charge is 0.254 e. The second kappa shape index (κ2) is 9.11. The molecule has 1 aromatic rings. The molecule has 0 radical (unpaired) electrons. The van der Waals surface area contributed by atoms with Crippen molar-refractivity contribution in [3.8, 4) is 0 Å². The second-order valence-corrected chi connectivity index (χ2v) is 8.54. The SMILES string of the molecule is CNC(=O)c1cccnc1N1CCC(N2CCC[C@@H](C(=O)N3CCCC3)C2)CC1. The van der Waals surface area contributed by atoms with Crippen LogP contribution in [0.3, 0.4) is 0 Å². The van der Waals surface area contributed by atoms with Gasteiger partial charge in [-0.15, -0.1) is 0 Å². The van der Waals surface area contributed by atoms with Gasteiger partial charge in [0.25, 0.3) is 5.91 Å². The normalized spacial score (nSPS) is 24.0. The van der Waals surface area contributed by atoms with E-state index in [1.54, 1.807) is 13.2 Å². The van der Waals surface area contributed by atoms with Crippen molar-refractivity contribution >= 4 is 17.6 Å². The molecule has 3 fully saturated rings. The highest BCUT2D eigenvalue weighted by molar-refractivity contribution is 5.98. The number of piperidine rings is 2. The van der Waals surface area contributed by atoms with Crippen molar-refractivity contribution in [2.75, 3.05) is 51.2 Å². The molecule has 1 atom stereocenters.